The Kier molecular flexibility index (Phi) is 4.43. The van der Waals surface area contributed by atoms with Gasteiger partial charge in [0.25, 0.3) is 5.89 Å². The number of nitrogen functional groups attached to an aromatic ring is 1. The van der Waals surface area contributed by atoms with Crippen molar-refractivity contribution in [3.8, 4) is 34.1 Å². The summed E-state index contributed by atoms with van der Waals surface area (Å²) in [6, 6.07) is 10.3. The molecule has 0 aliphatic heterocycles. The molecule has 4 aromatic heterocycles. The summed E-state index contributed by atoms with van der Waals surface area (Å²) in [5.41, 5.74) is 9.13. The van der Waals surface area contributed by atoms with Crippen LogP contribution in [0.1, 0.15) is 11.1 Å². The number of nitrogens with zero attached hydrogens (tertiary/aromatic N) is 5. The molecule has 0 bridgehead atoms. The van der Waals surface area contributed by atoms with Crippen LogP contribution in [0.4, 0.5) is 19.0 Å². The lowest BCUT2D eigenvalue weighted by atomic mass is 10.0. The molecule has 0 saturated heterocycles. The molecule has 10 heteroatoms. The predicted octanol–water partition coefficient (Wildman–Crippen LogP) is 5.02. The molecule has 2 N–H and O–H groups in total. The van der Waals surface area contributed by atoms with Crippen molar-refractivity contribution in [2.75, 3.05) is 5.73 Å². The van der Waals surface area contributed by atoms with Gasteiger partial charge < -0.3 is 10.3 Å². The Morgan fingerprint density at radius 1 is 1.03 bits per heavy atom. The third kappa shape index (κ3) is 3.35. The van der Waals surface area contributed by atoms with E-state index in [1.807, 2.05) is 13.0 Å². The summed E-state index contributed by atoms with van der Waals surface area (Å²) in [7, 11) is 0. The molecule has 0 atom stereocenters. The molecule has 0 spiro atoms. The van der Waals surface area contributed by atoms with E-state index in [1.54, 1.807) is 35.1 Å². The lowest BCUT2D eigenvalue weighted by Crippen LogP contribution is -2.04. The molecule has 4 heterocycles. The van der Waals surface area contributed by atoms with Crippen LogP contribution in [-0.4, -0.2) is 24.5 Å². The van der Waals surface area contributed by atoms with E-state index in [-0.39, 0.29) is 17.5 Å². The number of hydrogen-bond acceptors (Lipinski definition) is 6. The Hall–Kier alpha value is -4.21. The molecule has 160 valence electrons. The van der Waals surface area contributed by atoms with Crippen molar-refractivity contribution in [2.45, 2.75) is 13.1 Å². The van der Waals surface area contributed by atoms with Gasteiger partial charge in [-0.2, -0.15) is 18.2 Å². The topological polar surface area (TPSA) is 95.1 Å². The van der Waals surface area contributed by atoms with E-state index in [0.29, 0.717) is 22.5 Å². The fourth-order valence-corrected chi connectivity index (χ4v) is 3.47. The van der Waals surface area contributed by atoms with Gasteiger partial charge in [-0.25, -0.2) is 9.97 Å². The number of benzene rings is 1. The smallest absolute Gasteiger partial charge is 0.383 e. The van der Waals surface area contributed by atoms with Crippen LogP contribution in [0.3, 0.4) is 0 Å². The quantitative estimate of drug-likeness (QED) is 0.427. The first-order valence-corrected chi connectivity index (χ1v) is 9.51. The molecule has 5 rings (SSSR count). The van der Waals surface area contributed by atoms with Crippen LogP contribution in [0.5, 0.6) is 0 Å². The highest BCUT2D eigenvalue weighted by Crippen LogP contribution is 2.32. The number of hydrogen-bond donors (Lipinski definition) is 1. The third-order valence-electron chi connectivity index (χ3n) is 5.06. The average Bonchev–Trinajstić information content (AvgIpc) is 3.41. The second kappa shape index (κ2) is 7.19. The van der Waals surface area contributed by atoms with E-state index < -0.39 is 11.7 Å². The SMILES string of the molecule is Cc1cc(-c2ccc(C(F)(F)F)cc2)cn2c(-c3nc(-c4cccnc4N)no3)cnc12. The highest BCUT2D eigenvalue weighted by molar-refractivity contribution is 5.71. The van der Waals surface area contributed by atoms with Gasteiger partial charge in [0.15, 0.2) is 0 Å². The van der Waals surface area contributed by atoms with Crippen molar-refractivity contribution in [2.24, 2.45) is 0 Å². The van der Waals surface area contributed by atoms with E-state index in [2.05, 4.69) is 20.1 Å². The first kappa shape index (κ1) is 19.7. The lowest BCUT2D eigenvalue weighted by Gasteiger charge is -2.09. The van der Waals surface area contributed by atoms with Crippen LogP contribution in [0.15, 0.2) is 65.6 Å². The number of rotatable bonds is 3. The van der Waals surface area contributed by atoms with Crippen LogP contribution < -0.4 is 5.73 Å². The molecule has 0 aliphatic carbocycles. The largest absolute Gasteiger partial charge is 0.416 e. The summed E-state index contributed by atoms with van der Waals surface area (Å²) in [6.45, 7) is 1.87. The summed E-state index contributed by atoms with van der Waals surface area (Å²) in [4.78, 5) is 12.9. The predicted molar refractivity (Wildman–Crippen MR) is 111 cm³/mol. The van der Waals surface area contributed by atoms with Gasteiger partial charge in [0.05, 0.1) is 17.3 Å². The number of fused-ring (bicyclic) bond motifs is 1. The molecule has 0 fully saturated rings. The van der Waals surface area contributed by atoms with Gasteiger partial charge in [-0.05, 0) is 53.9 Å². The highest BCUT2D eigenvalue weighted by atomic mass is 19.4. The van der Waals surface area contributed by atoms with Crippen molar-refractivity contribution in [3.63, 3.8) is 0 Å². The van der Waals surface area contributed by atoms with Gasteiger partial charge in [-0.15, -0.1) is 0 Å². The average molecular weight is 436 g/mol. The maximum Gasteiger partial charge on any atom is 0.416 e. The molecule has 7 nitrogen and oxygen atoms in total. The Morgan fingerprint density at radius 3 is 2.53 bits per heavy atom. The molecule has 32 heavy (non-hydrogen) atoms. The summed E-state index contributed by atoms with van der Waals surface area (Å²) in [5, 5.41) is 3.99. The summed E-state index contributed by atoms with van der Waals surface area (Å²) in [6.07, 6.45) is 0.553. The molecule has 0 unspecified atom stereocenters. The zero-order valence-electron chi connectivity index (χ0n) is 16.6. The van der Waals surface area contributed by atoms with Crippen molar-refractivity contribution >= 4 is 11.5 Å². The maximum atomic E-state index is 12.9. The Morgan fingerprint density at radius 2 is 1.81 bits per heavy atom. The number of nitrogens with two attached hydrogens (primary N) is 1. The van der Waals surface area contributed by atoms with Crippen molar-refractivity contribution in [1.29, 1.82) is 0 Å². The number of anilines is 1. The molecule has 0 radical (unpaired) electrons. The van der Waals surface area contributed by atoms with Gasteiger partial charge >= 0.3 is 6.18 Å². The number of imidazole rings is 1. The number of halogens is 3. The van der Waals surface area contributed by atoms with Gasteiger partial charge in [-0.1, -0.05) is 17.3 Å². The van der Waals surface area contributed by atoms with Crippen molar-refractivity contribution in [1.82, 2.24) is 24.5 Å². The summed E-state index contributed by atoms with van der Waals surface area (Å²) >= 11 is 0. The van der Waals surface area contributed by atoms with E-state index in [0.717, 1.165) is 23.3 Å². The van der Waals surface area contributed by atoms with Crippen LogP contribution in [-0.2, 0) is 6.18 Å². The molecule has 0 amide bonds. The molecule has 0 saturated carbocycles. The van der Waals surface area contributed by atoms with E-state index in [1.165, 1.54) is 12.1 Å². The standard InChI is InChI=1S/C22H15F3N6O/c1-12-9-14(13-4-6-15(7-5-13)22(23,24)25)11-31-17(10-28-20(12)31)21-29-19(30-32-21)16-3-2-8-27-18(16)26/h2-11H,1H3,(H2,26,27). The first-order valence-electron chi connectivity index (χ1n) is 9.51. The summed E-state index contributed by atoms with van der Waals surface area (Å²) in [5.74, 6) is 0.786. The molecule has 5 aromatic rings. The van der Waals surface area contributed by atoms with Crippen LogP contribution >= 0.6 is 0 Å². The van der Waals surface area contributed by atoms with Crippen molar-refractivity contribution in [3.05, 3.63) is 72.2 Å². The van der Waals surface area contributed by atoms with Gasteiger partial charge in [0, 0.05) is 12.4 Å². The van der Waals surface area contributed by atoms with Crippen molar-refractivity contribution < 1.29 is 17.7 Å². The minimum absolute atomic E-state index is 0.222. The zero-order valence-corrected chi connectivity index (χ0v) is 16.6. The minimum atomic E-state index is -4.39. The molecular formula is C22H15F3N6O. The van der Waals surface area contributed by atoms with Gasteiger partial charge in [0.1, 0.15) is 17.2 Å². The second-order valence-electron chi connectivity index (χ2n) is 7.18. The molecular weight excluding hydrogens is 421 g/mol. The van der Waals surface area contributed by atoms with Crippen LogP contribution in [0.2, 0.25) is 0 Å². The minimum Gasteiger partial charge on any atom is -0.383 e. The normalized spacial score (nSPS) is 11.9. The van der Waals surface area contributed by atoms with Gasteiger partial charge in [-0.3, -0.25) is 4.40 Å². The monoisotopic (exact) mass is 436 g/mol. The Bertz CT molecular complexity index is 1440. The number of aryl methyl sites for hydroxylation is 1. The van der Waals surface area contributed by atoms with E-state index in [9.17, 15) is 13.2 Å². The van der Waals surface area contributed by atoms with E-state index in [4.69, 9.17) is 10.3 Å². The molecule has 1 aromatic carbocycles. The number of aromatic nitrogens is 5. The summed E-state index contributed by atoms with van der Waals surface area (Å²) < 4.78 is 45.9. The number of alkyl halides is 3. The highest BCUT2D eigenvalue weighted by Gasteiger charge is 2.30. The fraction of sp³-hybridized carbons (Fsp3) is 0.0909. The third-order valence-corrected chi connectivity index (χ3v) is 5.06. The van der Waals surface area contributed by atoms with Gasteiger partial charge in [0.2, 0.25) is 5.82 Å². The van der Waals surface area contributed by atoms with Crippen LogP contribution in [0.25, 0.3) is 39.7 Å². The van der Waals surface area contributed by atoms with Crippen LogP contribution in [0, 0.1) is 6.92 Å². The lowest BCUT2D eigenvalue weighted by molar-refractivity contribution is -0.137. The first-order chi connectivity index (χ1) is 15.3. The second-order valence-corrected chi connectivity index (χ2v) is 7.18. The molecule has 0 aliphatic rings. The Labute approximate surface area is 179 Å². The number of pyridine rings is 2. The van der Waals surface area contributed by atoms with E-state index >= 15 is 0 Å². The fourth-order valence-electron chi connectivity index (χ4n) is 3.47. The maximum absolute atomic E-state index is 12.9. The Balaban J connectivity index is 1.58. The zero-order chi connectivity index (χ0) is 22.5.